The van der Waals surface area contributed by atoms with Crippen LogP contribution in [0.1, 0.15) is 47.5 Å². The van der Waals surface area contributed by atoms with E-state index in [1.165, 1.54) is 28.0 Å². The molecule has 1 atom stereocenters. The minimum atomic E-state index is -0.439. The number of carbonyl (C=O) groups is 2. The number of rotatable bonds is 6. The van der Waals surface area contributed by atoms with E-state index in [0.717, 1.165) is 47.8 Å². The largest absolute Gasteiger partial charge is 0.462 e. The highest BCUT2D eigenvalue weighted by molar-refractivity contribution is 8.00. The Labute approximate surface area is 199 Å². The van der Waals surface area contributed by atoms with Gasteiger partial charge in [-0.15, -0.1) is 21.5 Å². The molecule has 0 fully saturated rings. The van der Waals surface area contributed by atoms with E-state index in [1.54, 1.807) is 6.92 Å². The molecular weight excluding hydrogens is 456 g/mol. The lowest BCUT2D eigenvalue weighted by molar-refractivity contribution is -0.115. The minimum Gasteiger partial charge on any atom is -0.462 e. The molecule has 3 heterocycles. The third-order valence-corrected chi connectivity index (χ3v) is 8.04. The van der Waals surface area contributed by atoms with Crippen LogP contribution in [0, 0.1) is 0 Å². The number of aromatic nitrogens is 3. The second-order valence-electron chi connectivity index (χ2n) is 7.95. The minimum absolute atomic E-state index is 0.180. The van der Waals surface area contributed by atoms with Gasteiger partial charge in [0.1, 0.15) is 5.00 Å². The standard InChI is InChI=1S/C24H24N4O3S2/c1-3-31-23(30)20-16-9-5-7-11-18(16)33-22(20)25-21(29)14(2)32-24-27-26-19-13-12-15-8-4-6-10-17(15)28(19)24/h4,6,8,10,12-14H,3,5,7,9,11H2,1-2H3,(H,25,29). The summed E-state index contributed by atoms with van der Waals surface area (Å²) in [5.41, 5.74) is 3.29. The summed E-state index contributed by atoms with van der Waals surface area (Å²) in [7, 11) is 0. The van der Waals surface area contributed by atoms with Crippen LogP contribution in [-0.4, -0.2) is 38.3 Å². The first kappa shape index (κ1) is 21.9. The molecule has 7 nitrogen and oxygen atoms in total. The number of esters is 1. The number of fused-ring (bicyclic) bond motifs is 4. The Morgan fingerprint density at radius 1 is 1.18 bits per heavy atom. The molecule has 1 aliphatic carbocycles. The predicted molar refractivity (Wildman–Crippen MR) is 131 cm³/mol. The molecule has 0 aliphatic heterocycles. The SMILES string of the molecule is CCOC(=O)c1c(NC(=O)C(C)Sc2nnc3ccc4ccccc4n23)sc2c1CCCC2. The molecular formula is C24H24N4O3S2. The van der Waals surface area contributed by atoms with Crippen LogP contribution in [0.2, 0.25) is 0 Å². The van der Waals surface area contributed by atoms with Crippen molar-refractivity contribution in [3.8, 4) is 0 Å². The summed E-state index contributed by atoms with van der Waals surface area (Å²) in [5, 5.41) is 13.5. The lowest BCUT2D eigenvalue weighted by Crippen LogP contribution is -2.23. The van der Waals surface area contributed by atoms with Gasteiger partial charge in [-0.2, -0.15) is 0 Å². The van der Waals surface area contributed by atoms with E-state index in [9.17, 15) is 9.59 Å². The van der Waals surface area contributed by atoms with Crippen LogP contribution < -0.4 is 5.32 Å². The number of hydrogen-bond acceptors (Lipinski definition) is 7. The van der Waals surface area contributed by atoms with Crippen molar-refractivity contribution >= 4 is 56.5 Å². The van der Waals surface area contributed by atoms with Crippen LogP contribution in [0.3, 0.4) is 0 Å². The van der Waals surface area contributed by atoms with Crippen LogP contribution in [0.25, 0.3) is 16.6 Å². The molecule has 0 saturated heterocycles. The average Bonchev–Trinajstić information content (AvgIpc) is 3.40. The maximum Gasteiger partial charge on any atom is 0.341 e. The lowest BCUT2D eigenvalue weighted by Gasteiger charge is -2.13. The van der Waals surface area contributed by atoms with E-state index in [0.29, 0.717) is 22.3 Å². The zero-order valence-electron chi connectivity index (χ0n) is 18.5. The average molecular weight is 481 g/mol. The number of hydrogen-bond donors (Lipinski definition) is 1. The molecule has 33 heavy (non-hydrogen) atoms. The summed E-state index contributed by atoms with van der Waals surface area (Å²) in [4.78, 5) is 27.0. The van der Waals surface area contributed by atoms with Crippen molar-refractivity contribution in [2.75, 3.05) is 11.9 Å². The van der Waals surface area contributed by atoms with Crippen LogP contribution in [0.4, 0.5) is 5.00 Å². The molecule has 4 aromatic rings. The normalized spacial score (nSPS) is 14.2. The van der Waals surface area contributed by atoms with Crippen LogP contribution >= 0.6 is 23.1 Å². The van der Waals surface area contributed by atoms with Crippen molar-refractivity contribution in [2.45, 2.75) is 49.9 Å². The van der Waals surface area contributed by atoms with E-state index in [2.05, 4.69) is 15.5 Å². The number of amides is 1. The number of para-hydroxylation sites is 1. The fourth-order valence-electron chi connectivity index (χ4n) is 4.19. The van der Waals surface area contributed by atoms with Crippen molar-refractivity contribution < 1.29 is 14.3 Å². The molecule has 0 radical (unpaired) electrons. The zero-order chi connectivity index (χ0) is 22.9. The third-order valence-electron chi connectivity index (χ3n) is 5.79. The van der Waals surface area contributed by atoms with Gasteiger partial charge in [0.15, 0.2) is 10.8 Å². The van der Waals surface area contributed by atoms with Crippen molar-refractivity contribution in [3.05, 3.63) is 52.4 Å². The molecule has 5 rings (SSSR count). The number of pyridine rings is 1. The number of ether oxygens (including phenoxy) is 1. The fraction of sp³-hybridized carbons (Fsp3) is 0.333. The van der Waals surface area contributed by atoms with Crippen molar-refractivity contribution in [2.24, 2.45) is 0 Å². The lowest BCUT2D eigenvalue weighted by atomic mass is 9.95. The van der Waals surface area contributed by atoms with E-state index >= 15 is 0 Å². The molecule has 1 aromatic carbocycles. The summed E-state index contributed by atoms with van der Waals surface area (Å²) >= 11 is 2.85. The van der Waals surface area contributed by atoms with Gasteiger partial charge in [0, 0.05) is 4.88 Å². The Bertz CT molecular complexity index is 1360. The molecule has 9 heteroatoms. The molecule has 1 aliphatic rings. The Balaban J connectivity index is 1.41. The summed E-state index contributed by atoms with van der Waals surface area (Å²) in [6.07, 6.45) is 3.93. The summed E-state index contributed by atoms with van der Waals surface area (Å²) < 4.78 is 7.27. The molecule has 0 bridgehead atoms. The van der Waals surface area contributed by atoms with Gasteiger partial charge in [-0.05, 0) is 68.7 Å². The van der Waals surface area contributed by atoms with Gasteiger partial charge in [-0.25, -0.2) is 4.79 Å². The Morgan fingerprint density at radius 2 is 2.00 bits per heavy atom. The monoisotopic (exact) mass is 480 g/mol. The number of aryl methyl sites for hydroxylation is 1. The van der Waals surface area contributed by atoms with Gasteiger partial charge >= 0.3 is 5.97 Å². The highest BCUT2D eigenvalue weighted by Gasteiger charge is 2.28. The first-order valence-electron chi connectivity index (χ1n) is 11.1. The number of nitrogens with one attached hydrogen (secondary N) is 1. The van der Waals surface area contributed by atoms with Crippen molar-refractivity contribution in [1.82, 2.24) is 14.6 Å². The maximum atomic E-state index is 13.1. The molecule has 170 valence electrons. The number of benzene rings is 1. The van der Waals surface area contributed by atoms with Crippen LogP contribution in [-0.2, 0) is 22.4 Å². The number of nitrogens with zero attached hydrogens (tertiary/aromatic N) is 3. The van der Waals surface area contributed by atoms with Crippen molar-refractivity contribution in [1.29, 1.82) is 0 Å². The van der Waals surface area contributed by atoms with E-state index < -0.39 is 5.25 Å². The molecule has 0 saturated carbocycles. The van der Waals surface area contributed by atoms with Crippen LogP contribution in [0.5, 0.6) is 0 Å². The zero-order valence-corrected chi connectivity index (χ0v) is 20.1. The second-order valence-corrected chi connectivity index (χ2v) is 10.4. The van der Waals surface area contributed by atoms with Gasteiger partial charge in [0.05, 0.1) is 22.9 Å². The van der Waals surface area contributed by atoms with Gasteiger partial charge in [-0.1, -0.05) is 30.0 Å². The highest BCUT2D eigenvalue weighted by atomic mass is 32.2. The molecule has 1 unspecified atom stereocenters. The van der Waals surface area contributed by atoms with E-state index in [-0.39, 0.29) is 11.9 Å². The Kier molecular flexibility index (Phi) is 6.07. The van der Waals surface area contributed by atoms with Gasteiger partial charge < -0.3 is 10.1 Å². The molecule has 1 N–H and O–H groups in total. The first-order chi connectivity index (χ1) is 16.1. The molecule has 0 spiro atoms. The van der Waals surface area contributed by atoms with E-state index in [4.69, 9.17) is 4.74 Å². The Morgan fingerprint density at radius 3 is 2.85 bits per heavy atom. The smallest absolute Gasteiger partial charge is 0.341 e. The second kappa shape index (κ2) is 9.15. The van der Waals surface area contributed by atoms with Gasteiger partial charge in [0.25, 0.3) is 0 Å². The quantitative estimate of drug-likeness (QED) is 0.305. The Hall–Kier alpha value is -2.91. The highest BCUT2D eigenvalue weighted by Crippen LogP contribution is 2.39. The van der Waals surface area contributed by atoms with Gasteiger partial charge in [-0.3, -0.25) is 9.20 Å². The summed E-state index contributed by atoms with van der Waals surface area (Å²) in [5.74, 6) is -0.538. The third kappa shape index (κ3) is 4.11. The number of thioether (sulfide) groups is 1. The number of anilines is 1. The van der Waals surface area contributed by atoms with Gasteiger partial charge in [0.2, 0.25) is 5.91 Å². The van der Waals surface area contributed by atoms with Crippen molar-refractivity contribution in [3.63, 3.8) is 0 Å². The first-order valence-corrected chi connectivity index (χ1v) is 12.8. The fourth-order valence-corrected chi connectivity index (χ4v) is 6.33. The number of thiophene rings is 1. The van der Waals surface area contributed by atoms with Crippen LogP contribution in [0.15, 0.2) is 41.6 Å². The number of carbonyl (C=O) groups excluding carboxylic acids is 2. The maximum absolute atomic E-state index is 13.1. The molecule has 3 aromatic heterocycles. The molecule has 1 amide bonds. The topological polar surface area (TPSA) is 85.6 Å². The van der Waals surface area contributed by atoms with E-state index in [1.807, 2.05) is 47.7 Å². The summed E-state index contributed by atoms with van der Waals surface area (Å²) in [6.45, 7) is 3.93. The summed E-state index contributed by atoms with van der Waals surface area (Å²) in [6, 6.07) is 12.0. The predicted octanol–water partition coefficient (Wildman–Crippen LogP) is 5.12.